The number of H-pyrrole nitrogens is 1. The van der Waals surface area contributed by atoms with Crippen molar-refractivity contribution in [3.05, 3.63) is 82.2 Å². The number of sulfonamides is 1. The van der Waals surface area contributed by atoms with Crippen LogP contribution >= 0.6 is 0 Å². The summed E-state index contributed by atoms with van der Waals surface area (Å²) >= 11 is 0. The summed E-state index contributed by atoms with van der Waals surface area (Å²) in [5.41, 5.74) is 0.468. The molecule has 5 nitrogen and oxygen atoms in total. The van der Waals surface area contributed by atoms with Gasteiger partial charge >= 0.3 is 6.18 Å². The third kappa shape index (κ3) is 2.40. The van der Waals surface area contributed by atoms with Crippen LogP contribution in [0.2, 0.25) is 0 Å². The molecule has 2 atom stereocenters. The maximum absolute atomic E-state index is 13.8. The molecule has 0 radical (unpaired) electrons. The second-order valence-electron chi connectivity index (χ2n) is 6.80. The molecule has 29 heavy (non-hydrogen) atoms. The second-order valence-corrected chi connectivity index (χ2v) is 8.64. The van der Waals surface area contributed by atoms with E-state index in [4.69, 9.17) is 0 Å². The van der Waals surface area contributed by atoms with E-state index in [1.54, 1.807) is 0 Å². The predicted octanol–water partition coefficient (Wildman–Crippen LogP) is 3.90. The number of rotatable bonds is 2. The molecule has 0 saturated heterocycles. The van der Waals surface area contributed by atoms with Crippen molar-refractivity contribution in [2.45, 2.75) is 23.2 Å². The molecule has 2 unspecified atom stereocenters. The van der Waals surface area contributed by atoms with Crippen molar-refractivity contribution in [3.8, 4) is 0 Å². The Balaban J connectivity index is 1.64. The van der Waals surface area contributed by atoms with Gasteiger partial charge in [-0.3, -0.25) is 5.10 Å². The van der Waals surface area contributed by atoms with Crippen molar-refractivity contribution >= 4 is 10.0 Å². The Morgan fingerprint density at radius 3 is 2.10 bits per heavy atom. The quantitative estimate of drug-likeness (QED) is 0.631. The highest BCUT2D eigenvalue weighted by Gasteiger charge is 2.55. The van der Waals surface area contributed by atoms with Crippen LogP contribution in [-0.4, -0.2) is 22.9 Å². The number of fused-ring (bicyclic) bond motifs is 8. The van der Waals surface area contributed by atoms with Gasteiger partial charge in [-0.25, -0.2) is 17.2 Å². The highest BCUT2D eigenvalue weighted by atomic mass is 32.2. The zero-order valence-corrected chi connectivity index (χ0v) is 15.0. The summed E-state index contributed by atoms with van der Waals surface area (Å²) in [6.45, 7) is 0. The Bertz CT molecular complexity index is 1200. The average Bonchev–Trinajstić information content (AvgIpc) is 3.31. The fourth-order valence-electron chi connectivity index (χ4n) is 4.02. The number of hydrogen-bond donors (Lipinski definition) is 1. The number of nitrogens with zero attached hydrogens (tertiary/aromatic N) is 2. The number of aromatic nitrogens is 2. The van der Waals surface area contributed by atoms with Gasteiger partial charge in [0.15, 0.2) is 11.6 Å². The van der Waals surface area contributed by atoms with Crippen molar-refractivity contribution < 1.29 is 30.4 Å². The Labute approximate surface area is 160 Å². The minimum atomic E-state index is -4.61. The minimum Gasteiger partial charge on any atom is -0.280 e. The van der Waals surface area contributed by atoms with Crippen molar-refractivity contribution in [2.75, 3.05) is 0 Å². The largest absolute Gasteiger partial charge is 0.416 e. The van der Waals surface area contributed by atoms with Gasteiger partial charge < -0.3 is 0 Å². The molecule has 0 spiro atoms. The second kappa shape index (κ2) is 5.63. The first-order chi connectivity index (χ1) is 13.6. The van der Waals surface area contributed by atoms with E-state index in [1.807, 2.05) is 0 Å². The summed E-state index contributed by atoms with van der Waals surface area (Å²) < 4.78 is 93.7. The lowest BCUT2D eigenvalue weighted by atomic mass is 9.90. The lowest BCUT2D eigenvalue weighted by Gasteiger charge is -2.22. The van der Waals surface area contributed by atoms with Crippen molar-refractivity contribution in [1.82, 2.24) is 14.5 Å². The van der Waals surface area contributed by atoms with Gasteiger partial charge in [0.05, 0.1) is 34.4 Å². The lowest BCUT2D eigenvalue weighted by molar-refractivity contribution is -0.137. The molecule has 2 aliphatic heterocycles. The van der Waals surface area contributed by atoms with Crippen LogP contribution in [0.5, 0.6) is 0 Å². The summed E-state index contributed by atoms with van der Waals surface area (Å²) in [5, 5.41) is 6.57. The monoisotopic (exact) mass is 427 g/mol. The van der Waals surface area contributed by atoms with Crippen LogP contribution in [0.15, 0.2) is 47.5 Å². The smallest absolute Gasteiger partial charge is 0.280 e. The molecule has 3 heterocycles. The number of aromatic amines is 1. The van der Waals surface area contributed by atoms with Gasteiger partial charge in [0.2, 0.25) is 10.0 Å². The molecule has 150 valence electrons. The number of hydrogen-bond acceptors (Lipinski definition) is 3. The van der Waals surface area contributed by atoms with Gasteiger partial charge in [-0.1, -0.05) is 0 Å². The first-order valence-corrected chi connectivity index (χ1v) is 9.77. The Morgan fingerprint density at radius 2 is 1.52 bits per heavy atom. The normalized spacial score (nSPS) is 20.7. The molecule has 3 aromatic rings. The molecular weight excluding hydrogens is 417 g/mol. The van der Waals surface area contributed by atoms with E-state index in [-0.39, 0.29) is 16.0 Å². The van der Waals surface area contributed by atoms with Gasteiger partial charge in [-0.15, -0.1) is 0 Å². The standard InChI is InChI=1S/C18H10F5N3O2S/c19-13-5-10-11(6-14(13)20)17-15-12(7-24-25-15)16(10)26(17)29(27,28)9-3-1-8(2-4-9)18(21,22)23/h1-7,16-17H,(H,24,25). The van der Waals surface area contributed by atoms with Gasteiger partial charge in [0, 0.05) is 5.56 Å². The Hall–Kier alpha value is -2.79. The van der Waals surface area contributed by atoms with E-state index in [0.717, 1.165) is 28.6 Å². The third-order valence-corrected chi connectivity index (χ3v) is 7.09. The number of benzene rings is 2. The molecular formula is C18H10F5N3O2S. The zero-order chi connectivity index (χ0) is 20.7. The molecule has 11 heteroatoms. The number of nitrogens with one attached hydrogen (secondary N) is 1. The predicted molar refractivity (Wildman–Crippen MR) is 89.1 cm³/mol. The van der Waals surface area contributed by atoms with Gasteiger partial charge in [0.25, 0.3) is 0 Å². The Morgan fingerprint density at radius 1 is 0.931 bits per heavy atom. The van der Waals surface area contributed by atoms with E-state index >= 15 is 0 Å². The fraction of sp³-hybridized carbons (Fsp3) is 0.167. The van der Waals surface area contributed by atoms with Crippen LogP contribution in [0, 0.1) is 11.6 Å². The summed E-state index contributed by atoms with van der Waals surface area (Å²) in [5.74, 6) is -2.24. The van der Waals surface area contributed by atoms with E-state index in [0.29, 0.717) is 23.4 Å². The van der Waals surface area contributed by atoms with Gasteiger partial charge in [0.1, 0.15) is 0 Å². The molecule has 0 amide bonds. The Kier molecular flexibility index (Phi) is 3.55. The van der Waals surface area contributed by atoms with Crippen molar-refractivity contribution in [1.29, 1.82) is 0 Å². The zero-order valence-electron chi connectivity index (χ0n) is 14.2. The first-order valence-electron chi connectivity index (χ1n) is 8.33. The summed E-state index contributed by atoms with van der Waals surface area (Å²) in [4.78, 5) is -0.354. The molecule has 2 aliphatic rings. The number of halogens is 5. The van der Waals surface area contributed by atoms with E-state index in [1.165, 1.54) is 6.20 Å². The molecule has 5 rings (SSSR count). The summed E-state index contributed by atoms with van der Waals surface area (Å²) in [6.07, 6.45) is -3.21. The fourth-order valence-corrected chi connectivity index (χ4v) is 5.74. The maximum atomic E-state index is 13.8. The van der Waals surface area contributed by atoms with Gasteiger partial charge in [-0.05, 0) is 47.5 Å². The van der Waals surface area contributed by atoms with Crippen LogP contribution in [0.3, 0.4) is 0 Å². The first kappa shape index (κ1) is 18.3. The molecule has 1 aromatic heterocycles. The van der Waals surface area contributed by atoms with Crippen molar-refractivity contribution in [3.63, 3.8) is 0 Å². The maximum Gasteiger partial charge on any atom is 0.416 e. The molecule has 0 aliphatic carbocycles. The number of alkyl halides is 3. The van der Waals surface area contributed by atoms with Crippen LogP contribution in [0.1, 0.15) is 40.0 Å². The van der Waals surface area contributed by atoms with Gasteiger partial charge in [-0.2, -0.15) is 22.6 Å². The third-order valence-electron chi connectivity index (χ3n) is 5.25. The SMILES string of the molecule is O=S(=O)(c1ccc(C(F)(F)F)cc1)N1C2c3cc(F)c(F)cc3C1c1[nH]ncc12. The average molecular weight is 427 g/mol. The molecule has 0 fully saturated rings. The highest BCUT2D eigenvalue weighted by Crippen LogP contribution is 2.58. The van der Waals surface area contributed by atoms with E-state index in [9.17, 15) is 30.4 Å². The van der Waals surface area contributed by atoms with Crippen LogP contribution < -0.4 is 0 Å². The molecule has 1 N–H and O–H groups in total. The summed E-state index contributed by atoms with van der Waals surface area (Å²) in [7, 11) is -4.29. The van der Waals surface area contributed by atoms with Crippen LogP contribution in [0.4, 0.5) is 22.0 Å². The van der Waals surface area contributed by atoms with E-state index < -0.39 is 45.5 Å². The lowest BCUT2D eigenvalue weighted by Crippen LogP contribution is -2.29. The highest BCUT2D eigenvalue weighted by molar-refractivity contribution is 7.89. The molecule has 2 aromatic carbocycles. The van der Waals surface area contributed by atoms with Crippen molar-refractivity contribution in [2.24, 2.45) is 0 Å². The minimum absolute atomic E-state index is 0.265. The summed E-state index contributed by atoms with van der Waals surface area (Å²) in [6, 6.07) is 3.05. The molecule has 0 saturated carbocycles. The molecule has 2 bridgehead atoms. The van der Waals surface area contributed by atoms with Crippen LogP contribution in [0.25, 0.3) is 0 Å². The topological polar surface area (TPSA) is 66.1 Å². The van der Waals surface area contributed by atoms with E-state index in [2.05, 4.69) is 10.2 Å². The van der Waals surface area contributed by atoms with Crippen LogP contribution in [-0.2, 0) is 16.2 Å².